The molecule has 5 atom stereocenters. The molecular weight excluding hydrogens is 568 g/mol. The lowest BCUT2D eigenvalue weighted by atomic mass is 9.56. The number of nitrogens with one attached hydrogen (secondary N) is 1. The van der Waals surface area contributed by atoms with Crippen LogP contribution in [0.5, 0.6) is 11.5 Å². The zero-order valence-electron chi connectivity index (χ0n) is 24.8. The van der Waals surface area contributed by atoms with E-state index in [1.165, 1.54) is 13.2 Å². The molecule has 3 aliphatic carbocycles. The normalized spacial score (nSPS) is 24.6. The van der Waals surface area contributed by atoms with Crippen LogP contribution in [0.25, 0.3) is 16.9 Å². The molecule has 3 unspecified atom stereocenters. The minimum atomic E-state index is -1.15. The number of carbonyl (C=O) groups excluding carboxylic acids is 3. The quantitative estimate of drug-likeness (QED) is 0.233. The fraction of sp³-hybridized carbons (Fsp3) is 0.406. The van der Waals surface area contributed by atoms with Gasteiger partial charge in [0, 0.05) is 23.6 Å². The Bertz CT molecular complexity index is 1600. The molecule has 0 aliphatic heterocycles. The molecule has 1 saturated carbocycles. The van der Waals surface area contributed by atoms with Gasteiger partial charge in [-0.15, -0.1) is 6.61 Å². The highest BCUT2D eigenvalue weighted by molar-refractivity contribution is 6.07. The van der Waals surface area contributed by atoms with Crippen molar-refractivity contribution in [3.05, 3.63) is 63.9 Å². The second-order valence-corrected chi connectivity index (χ2v) is 11.9. The Labute approximate surface area is 254 Å². The first-order chi connectivity index (χ1) is 20.9. The number of phenols is 1. The number of benzene rings is 2. The predicted molar refractivity (Wildman–Crippen MR) is 159 cm³/mol. The lowest BCUT2D eigenvalue weighted by molar-refractivity contribution is -0.379. The van der Waals surface area contributed by atoms with Crippen LogP contribution in [0.3, 0.4) is 0 Å². The van der Waals surface area contributed by atoms with Gasteiger partial charge in [0.1, 0.15) is 23.0 Å². The second kappa shape index (κ2) is 11.9. The zero-order valence-corrected chi connectivity index (χ0v) is 24.8. The summed E-state index contributed by atoms with van der Waals surface area (Å²) in [6.45, 7) is -0.560. The van der Waals surface area contributed by atoms with E-state index in [0.717, 1.165) is 16.7 Å². The first-order valence-corrected chi connectivity index (χ1v) is 14.4. The van der Waals surface area contributed by atoms with E-state index in [-0.39, 0.29) is 40.5 Å². The van der Waals surface area contributed by atoms with Gasteiger partial charge in [-0.2, -0.15) is 0 Å². The zero-order chi connectivity index (χ0) is 32.0. The molecule has 2 aromatic rings. The van der Waals surface area contributed by atoms with Gasteiger partial charge in [0.05, 0.1) is 30.8 Å². The molecule has 8 N–H and O–H groups in total. The lowest BCUT2D eigenvalue weighted by Gasteiger charge is -2.50. The van der Waals surface area contributed by atoms with E-state index in [0.29, 0.717) is 30.7 Å². The Morgan fingerprint density at radius 1 is 1.14 bits per heavy atom. The van der Waals surface area contributed by atoms with Crippen molar-refractivity contribution in [3.63, 3.8) is 0 Å². The molecule has 3 aliphatic rings. The summed E-state index contributed by atoms with van der Waals surface area (Å²) in [7, 11) is 4.97. The SMILES string of the molecule is COc1ccc(-c2ccc(O)c3c2CC2CC4C(C(=O)C2=C3O)[C@H](C[O-])C(C(N)=O)=C(O)[C@H]4N(C)C)cc1CNCC(N)=O. The van der Waals surface area contributed by atoms with Crippen LogP contribution >= 0.6 is 0 Å². The lowest BCUT2D eigenvalue weighted by Crippen LogP contribution is -2.56. The van der Waals surface area contributed by atoms with Crippen LogP contribution < -0.4 is 26.6 Å². The number of aromatic hydroxyl groups is 1. The van der Waals surface area contributed by atoms with Gasteiger partial charge < -0.3 is 41.9 Å². The molecule has 44 heavy (non-hydrogen) atoms. The summed E-state index contributed by atoms with van der Waals surface area (Å²) in [6.07, 6.45) is 0.634. The van der Waals surface area contributed by atoms with Crippen LogP contribution in [-0.2, 0) is 27.3 Å². The third-order valence-corrected chi connectivity index (χ3v) is 9.20. The standard InChI is InChI=1S/C32H37N4O8/c1-36(2)28-19-10-15-9-18-17(14-4-7-22(44-3)16(8-14)11-35-12-23(33)39)5-6-21(38)26(18)30(41)24(15)29(40)25(19)20(13-37)27(31(28)42)32(34)43/h4-8,15,19-20,25,28,35,38,41-42H,9-13H2,1-3H3,(H2,33,39)(H2,34,43)/q-1/t15?,19?,20-,25?,28-/m0/s1. The number of primary amides is 2. The first-order valence-electron chi connectivity index (χ1n) is 14.4. The number of hydrogen-bond acceptors (Lipinski definition) is 10. The highest BCUT2D eigenvalue weighted by Crippen LogP contribution is 2.53. The average molecular weight is 606 g/mol. The summed E-state index contributed by atoms with van der Waals surface area (Å²) in [4.78, 5) is 39.5. The molecule has 0 bridgehead atoms. The predicted octanol–water partition coefficient (Wildman–Crippen LogP) is 0.507. The van der Waals surface area contributed by atoms with Crippen LogP contribution in [0.2, 0.25) is 0 Å². The topological polar surface area (TPSA) is 212 Å². The Hall–Kier alpha value is -4.39. The van der Waals surface area contributed by atoms with Crippen molar-refractivity contribution in [3.8, 4) is 22.6 Å². The molecule has 234 valence electrons. The molecule has 0 saturated heterocycles. The number of fused-ring (bicyclic) bond motifs is 3. The molecule has 2 amide bonds. The molecule has 0 spiro atoms. The largest absolute Gasteiger partial charge is 0.854 e. The summed E-state index contributed by atoms with van der Waals surface area (Å²) < 4.78 is 5.49. The van der Waals surface area contributed by atoms with E-state index in [1.807, 2.05) is 12.1 Å². The number of nitrogens with zero attached hydrogens (tertiary/aromatic N) is 1. The van der Waals surface area contributed by atoms with E-state index in [4.69, 9.17) is 16.2 Å². The maximum atomic E-state index is 14.2. The smallest absolute Gasteiger partial charge is 0.248 e. The molecule has 0 aromatic heterocycles. The molecule has 0 heterocycles. The summed E-state index contributed by atoms with van der Waals surface area (Å²) in [5, 5.41) is 49.1. The number of Topliss-reactive ketones (excluding diaryl/α,β-unsaturated/α-hetero) is 1. The number of aliphatic hydroxyl groups is 2. The number of ether oxygens (including phenoxy) is 1. The van der Waals surface area contributed by atoms with Crippen molar-refractivity contribution in [2.24, 2.45) is 35.1 Å². The van der Waals surface area contributed by atoms with Crippen molar-refractivity contribution in [2.45, 2.75) is 25.4 Å². The summed E-state index contributed by atoms with van der Waals surface area (Å²) in [6, 6.07) is 7.97. The number of allylic oxidation sites excluding steroid dienone is 1. The number of nitrogens with two attached hydrogens (primary N) is 2. The molecule has 5 rings (SSSR count). The summed E-state index contributed by atoms with van der Waals surface area (Å²) in [5.41, 5.74) is 13.7. The highest BCUT2D eigenvalue weighted by atomic mass is 16.5. The van der Waals surface area contributed by atoms with Crippen LogP contribution in [0.4, 0.5) is 0 Å². The second-order valence-electron chi connectivity index (χ2n) is 11.9. The number of aliphatic hydroxyl groups excluding tert-OH is 2. The number of amides is 2. The molecular formula is C32H37N4O8-. The van der Waals surface area contributed by atoms with Gasteiger partial charge in [-0.3, -0.25) is 19.3 Å². The van der Waals surface area contributed by atoms with Crippen molar-refractivity contribution in [1.82, 2.24) is 10.2 Å². The fourth-order valence-corrected chi connectivity index (χ4v) is 7.49. The Kier molecular flexibility index (Phi) is 8.43. The van der Waals surface area contributed by atoms with E-state index in [2.05, 4.69) is 5.32 Å². The molecule has 2 aromatic carbocycles. The monoisotopic (exact) mass is 605 g/mol. The van der Waals surface area contributed by atoms with Gasteiger partial charge in [-0.25, -0.2) is 0 Å². The van der Waals surface area contributed by atoms with E-state index < -0.39 is 53.9 Å². The van der Waals surface area contributed by atoms with E-state index >= 15 is 0 Å². The molecule has 12 heteroatoms. The van der Waals surface area contributed by atoms with Crippen molar-refractivity contribution in [1.29, 1.82) is 0 Å². The van der Waals surface area contributed by atoms with Gasteiger partial charge in [-0.1, -0.05) is 12.1 Å². The highest BCUT2D eigenvalue weighted by Gasteiger charge is 2.54. The van der Waals surface area contributed by atoms with Crippen LogP contribution in [0.1, 0.15) is 23.1 Å². The minimum absolute atomic E-state index is 0.0197. The van der Waals surface area contributed by atoms with Crippen LogP contribution in [-0.4, -0.2) is 78.2 Å². The van der Waals surface area contributed by atoms with Gasteiger partial charge in [0.15, 0.2) is 5.78 Å². The van der Waals surface area contributed by atoms with E-state index in [9.17, 15) is 34.8 Å². The summed E-state index contributed by atoms with van der Waals surface area (Å²) in [5.74, 6) is -5.33. The van der Waals surface area contributed by atoms with Gasteiger partial charge in [0.25, 0.3) is 0 Å². The molecule has 12 nitrogen and oxygen atoms in total. The molecule has 1 fully saturated rings. The van der Waals surface area contributed by atoms with Gasteiger partial charge >= 0.3 is 0 Å². The number of rotatable bonds is 9. The number of phenolic OH excluding ortho intramolecular Hbond substituents is 1. The van der Waals surface area contributed by atoms with Crippen molar-refractivity contribution >= 4 is 23.4 Å². The van der Waals surface area contributed by atoms with Crippen molar-refractivity contribution in [2.75, 3.05) is 34.4 Å². The Morgan fingerprint density at radius 3 is 2.48 bits per heavy atom. The number of carbonyl (C=O) groups is 3. The fourth-order valence-electron chi connectivity index (χ4n) is 7.49. The van der Waals surface area contributed by atoms with Gasteiger partial charge in [0.2, 0.25) is 11.8 Å². The number of likely N-dealkylation sites (N-methyl/N-ethyl adjacent to an activating group) is 1. The Balaban J connectivity index is 1.62. The maximum absolute atomic E-state index is 14.2. The first kappa shape index (κ1) is 31.0. The number of ketones is 1. The molecule has 0 radical (unpaired) electrons. The van der Waals surface area contributed by atoms with Crippen LogP contribution in [0, 0.1) is 23.7 Å². The van der Waals surface area contributed by atoms with Crippen molar-refractivity contribution < 1.29 is 39.5 Å². The number of methoxy groups -OCH3 is 1. The number of hydrogen-bond donors (Lipinski definition) is 6. The average Bonchev–Trinajstić information content (AvgIpc) is 2.95. The van der Waals surface area contributed by atoms with E-state index in [1.54, 1.807) is 31.1 Å². The minimum Gasteiger partial charge on any atom is -0.854 e. The third kappa shape index (κ3) is 5.08. The maximum Gasteiger partial charge on any atom is 0.248 e. The van der Waals surface area contributed by atoms with Gasteiger partial charge in [-0.05, 0) is 79.6 Å². The third-order valence-electron chi connectivity index (χ3n) is 9.20. The summed E-state index contributed by atoms with van der Waals surface area (Å²) >= 11 is 0. The van der Waals surface area contributed by atoms with Crippen LogP contribution in [0.15, 0.2) is 47.2 Å². The Morgan fingerprint density at radius 2 is 1.86 bits per heavy atom.